The number of rotatable bonds is 5. The van der Waals surface area contributed by atoms with Crippen LogP contribution < -0.4 is 4.90 Å². The van der Waals surface area contributed by atoms with Crippen LogP contribution in [0, 0.1) is 0 Å². The SMILES string of the molecule is CN(Cc1ccc(N2CCCCC2)cc1)C(=O)c1cnn(C)c1-n1cccc1. The van der Waals surface area contributed by atoms with Crippen LogP contribution in [-0.2, 0) is 13.6 Å². The molecule has 6 heteroatoms. The van der Waals surface area contributed by atoms with Crippen molar-refractivity contribution in [3.05, 3.63) is 66.1 Å². The van der Waals surface area contributed by atoms with Crippen molar-refractivity contribution in [3.8, 4) is 5.82 Å². The smallest absolute Gasteiger partial charge is 0.259 e. The highest BCUT2D eigenvalue weighted by Crippen LogP contribution is 2.21. The predicted molar refractivity (Wildman–Crippen MR) is 111 cm³/mol. The molecule has 2 aromatic heterocycles. The van der Waals surface area contributed by atoms with E-state index in [0.717, 1.165) is 24.5 Å². The summed E-state index contributed by atoms with van der Waals surface area (Å²) in [7, 11) is 3.69. The Labute approximate surface area is 166 Å². The molecule has 0 radical (unpaired) electrons. The second-order valence-corrected chi connectivity index (χ2v) is 7.47. The standard InChI is InChI=1S/C22H27N5O/c1-24(17-18-8-10-19(11-9-18)26-12-4-3-5-13-26)22(28)20-16-23-25(2)21(20)27-14-6-7-15-27/h6-11,14-16H,3-5,12-13,17H2,1-2H3. The first-order valence-electron chi connectivity index (χ1n) is 9.88. The zero-order valence-electron chi connectivity index (χ0n) is 16.6. The van der Waals surface area contributed by atoms with Crippen molar-refractivity contribution >= 4 is 11.6 Å². The molecule has 1 saturated heterocycles. The van der Waals surface area contributed by atoms with Crippen LogP contribution in [0.2, 0.25) is 0 Å². The number of hydrogen-bond donors (Lipinski definition) is 0. The van der Waals surface area contributed by atoms with Gasteiger partial charge in [0, 0.05) is 51.8 Å². The lowest BCUT2D eigenvalue weighted by Crippen LogP contribution is -2.29. The van der Waals surface area contributed by atoms with E-state index < -0.39 is 0 Å². The number of carbonyl (C=O) groups excluding carboxylic acids is 1. The van der Waals surface area contributed by atoms with E-state index in [1.54, 1.807) is 15.8 Å². The van der Waals surface area contributed by atoms with Gasteiger partial charge in [-0.2, -0.15) is 5.10 Å². The number of aryl methyl sites for hydroxylation is 1. The first-order valence-corrected chi connectivity index (χ1v) is 9.88. The minimum atomic E-state index is -0.0306. The highest BCUT2D eigenvalue weighted by atomic mass is 16.2. The number of aromatic nitrogens is 3. The summed E-state index contributed by atoms with van der Waals surface area (Å²) in [5.41, 5.74) is 3.01. The topological polar surface area (TPSA) is 46.3 Å². The maximum Gasteiger partial charge on any atom is 0.259 e. The van der Waals surface area contributed by atoms with Gasteiger partial charge in [-0.15, -0.1) is 0 Å². The molecule has 1 amide bonds. The van der Waals surface area contributed by atoms with Gasteiger partial charge in [-0.05, 0) is 49.1 Å². The molecule has 28 heavy (non-hydrogen) atoms. The summed E-state index contributed by atoms with van der Waals surface area (Å²) in [5.74, 6) is 0.749. The molecule has 0 atom stereocenters. The molecule has 0 N–H and O–H groups in total. The lowest BCUT2D eigenvalue weighted by molar-refractivity contribution is 0.0785. The van der Waals surface area contributed by atoms with E-state index in [1.807, 2.05) is 43.2 Å². The number of amides is 1. The summed E-state index contributed by atoms with van der Waals surface area (Å²) in [6, 6.07) is 12.5. The van der Waals surface area contributed by atoms with Crippen LogP contribution in [0.4, 0.5) is 5.69 Å². The molecule has 0 saturated carbocycles. The first kappa shape index (κ1) is 18.3. The Morgan fingerprint density at radius 1 is 1.07 bits per heavy atom. The lowest BCUT2D eigenvalue weighted by atomic mass is 10.1. The summed E-state index contributed by atoms with van der Waals surface area (Å²) in [6.45, 7) is 2.85. The predicted octanol–water partition coefficient (Wildman–Crippen LogP) is 3.47. The molecule has 0 unspecified atom stereocenters. The Balaban J connectivity index is 1.47. The zero-order valence-corrected chi connectivity index (χ0v) is 16.6. The van der Waals surface area contributed by atoms with E-state index >= 15 is 0 Å². The second-order valence-electron chi connectivity index (χ2n) is 7.47. The van der Waals surface area contributed by atoms with Crippen LogP contribution in [0.1, 0.15) is 35.2 Å². The van der Waals surface area contributed by atoms with E-state index in [0.29, 0.717) is 12.1 Å². The van der Waals surface area contributed by atoms with E-state index in [-0.39, 0.29) is 5.91 Å². The first-order chi connectivity index (χ1) is 13.6. The van der Waals surface area contributed by atoms with Crippen LogP contribution in [0.15, 0.2) is 55.0 Å². The van der Waals surface area contributed by atoms with Crippen molar-refractivity contribution in [1.29, 1.82) is 0 Å². The second kappa shape index (κ2) is 7.92. The maximum absolute atomic E-state index is 13.0. The molecule has 146 valence electrons. The van der Waals surface area contributed by atoms with Crippen molar-refractivity contribution < 1.29 is 4.79 Å². The fourth-order valence-electron chi connectivity index (χ4n) is 3.88. The summed E-state index contributed by atoms with van der Waals surface area (Å²) in [4.78, 5) is 17.2. The van der Waals surface area contributed by atoms with Crippen LogP contribution in [0.5, 0.6) is 0 Å². The van der Waals surface area contributed by atoms with Crippen LogP contribution >= 0.6 is 0 Å². The highest BCUT2D eigenvalue weighted by Gasteiger charge is 2.21. The molecule has 0 aliphatic carbocycles. The largest absolute Gasteiger partial charge is 0.372 e. The zero-order chi connectivity index (χ0) is 19.5. The van der Waals surface area contributed by atoms with Gasteiger partial charge in [-0.1, -0.05) is 12.1 Å². The van der Waals surface area contributed by atoms with Gasteiger partial charge >= 0.3 is 0 Å². The molecular formula is C22H27N5O. The lowest BCUT2D eigenvalue weighted by Gasteiger charge is -2.29. The number of piperidine rings is 1. The molecular weight excluding hydrogens is 350 g/mol. The number of hydrogen-bond acceptors (Lipinski definition) is 3. The highest BCUT2D eigenvalue weighted by molar-refractivity contribution is 5.96. The Morgan fingerprint density at radius 2 is 1.75 bits per heavy atom. The third-order valence-electron chi connectivity index (χ3n) is 5.41. The molecule has 0 spiro atoms. The van der Waals surface area contributed by atoms with Crippen molar-refractivity contribution in [3.63, 3.8) is 0 Å². The van der Waals surface area contributed by atoms with Crippen molar-refractivity contribution in [1.82, 2.24) is 19.2 Å². The fourth-order valence-corrected chi connectivity index (χ4v) is 3.88. The molecule has 3 aromatic rings. The van der Waals surface area contributed by atoms with Gasteiger partial charge in [0.1, 0.15) is 11.4 Å². The van der Waals surface area contributed by atoms with Gasteiger partial charge in [-0.25, -0.2) is 0 Å². The van der Waals surface area contributed by atoms with Crippen LogP contribution in [0.25, 0.3) is 5.82 Å². The quantitative estimate of drug-likeness (QED) is 0.684. The van der Waals surface area contributed by atoms with Gasteiger partial charge in [0.2, 0.25) is 0 Å². The van der Waals surface area contributed by atoms with Crippen LogP contribution in [0.3, 0.4) is 0 Å². The third-order valence-corrected chi connectivity index (χ3v) is 5.41. The Kier molecular flexibility index (Phi) is 5.19. The fraction of sp³-hybridized carbons (Fsp3) is 0.364. The summed E-state index contributed by atoms with van der Waals surface area (Å²) in [5, 5.41) is 4.29. The molecule has 4 rings (SSSR count). The molecule has 0 bridgehead atoms. The van der Waals surface area contributed by atoms with Crippen molar-refractivity contribution in [2.75, 3.05) is 25.0 Å². The Hall–Kier alpha value is -3.02. The average molecular weight is 377 g/mol. The maximum atomic E-state index is 13.0. The van der Waals surface area contributed by atoms with Gasteiger partial charge in [0.15, 0.2) is 0 Å². The average Bonchev–Trinajstić information content (AvgIpc) is 3.38. The molecule has 6 nitrogen and oxygen atoms in total. The number of nitrogens with zero attached hydrogens (tertiary/aromatic N) is 5. The molecule has 1 aliphatic heterocycles. The third kappa shape index (κ3) is 3.67. The Morgan fingerprint density at radius 3 is 2.43 bits per heavy atom. The van der Waals surface area contributed by atoms with E-state index in [4.69, 9.17) is 0 Å². The number of benzene rings is 1. The Bertz CT molecular complexity index is 921. The molecule has 1 aromatic carbocycles. The van der Waals surface area contributed by atoms with Gasteiger partial charge in [0.25, 0.3) is 5.91 Å². The van der Waals surface area contributed by atoms with E-state index in [9.17, 15) is 4.79 Å². The van der Waals surface area contributed by atoms with Crippen molar-refractivity contribution in [2.45, 2.75) is 25.8 Å². The van der Waals surface area contributed by atoms with Gasteiger partial charge in [-0.3, -0.25) is 9.48 Å². The van der Waals surface area contributed by atoms with Crippen LogP contribution in [-0.4, -0.2) is 45.3 Å². The van der Waals surface area contributed by atoms with E-state index in [2.05, 4.69) is 34.3 Å². The molecule has 1 aliphatic rings. The molecule has 1 fully saturated rings. The van der Waals surface area contributed by atoms with Gasteiger partial charge < -0.3 is 14.4 Å². The monoisotopic (exact) mass is 377 g/mol. The number of carbonyl (C=O) groups is 1. The number of anilines is 1. The minimum absolute atomic E-state index is 0.0306. The minimum Gasteiger partial charge on any atom is -0.372 e. The summed E-state index contributed by atoms with van der Waals surface area (Å²) >= 11 is 0. The summed E-state index contributed by atoms with van der Waals surface area (Å²) in [6.07, 6.45) is 9.37. The van der Waals surface area contributed by atoms with Gasteiger partial charge in [0.05, 0.1) is 6.20 Å². The molecule has 3 heterocycles. The normalized spacial score (nSPS) is 14.3. The van der Waals surface area contributed by atoms with Crippen molar-refractivity contribution in [2.24, 2.45) is 7.05 Å². The van der Waals surface area contributed by atoms with E-state index in [1.165, 1.54) is 24.9 Å². The summed E-state index contributed by atoms with van der Waals surface area (Å²) < 4.78 is 3.65.